The quantitative estimate of drug-likeness (QED) is 0.788. The maximum Gasteiger partial charge on any atom is 0.337 e. The van der Waals surface area contributed by atoms with Gasteiger partial charge in [-0.2, -0.15) is 0 Å². The smallest absolute Gasteiger partial charge is 0.337 e. The molecule has 1 atom stereocenters. The summed E-state index contributed by atoms with van der Waals surface area (Å²) in [7, 11) is 0. The van der Waals surface area contributed by atoms with Gasteiger partial charge in [0.2, 0.25) is 0 Å². The average Bonchev–Trinajstić information content (AvgIpc) is 2.31. The molecule has 5 nitrogen and oxygen atoms in total. The van der Waals surface area contributed by atoms with Gasteiger partial charge in [0, 0.05) is 25.3 Å². The molecule has 1 aromatic rings. The fourth-order valence-corrected chi connectivity index (χ4v) is 2.18. The van der Waals surface area contributed by atoms with Crippen LogP contribution in [-0.2, 0) is 11.3 Å². The van der Waals surface area contributed by atoms with Crippen molar-refractivity contribution in [2.75, 3.05) is 25.4 Å². The molecule has 2 rings (SSSR count). The molecule has 0 saturated carbocycles. The second-order valence-electron chi connectivity index (χ2n) is 4.64. The number of anilines is 1. The number of nitrogens with two attached hydrogens (primary N) is 1. The Labute approximate surface area is 106 Å². The third-order valence-electron chi connectivity index (χ3n) is 3.08. The van der Waals surface area contributed by atoms with Crippen molar-refractivity contribution < 1.29 is 14.6 Å². The summed E-state index contributed by atoms with van der Waals surface area (Å²) >= 11 is 0. The van der Waals surface area contributed by atoms with Crippen LogP contribution in [0.4, 0.5) is 5.69 Å². The number of nitrogen functional groups attached to an aromatic ring is 1. The van der Waals surface area contributed by atoms with E-state index in [1.165, 1.54) is 0 Å². The average molecular weight is 250 g/mol. The van der Waals surface area contributed by atoms with E-state index >= 15 is 0 Å². The van der Waals surface area contributed by atoms with E-state index in [2.05, 4.69) is 4.90 Å². The summed E-state index contributed by atoms with van der Waals surface area (Å²) in [4.78, 5) is 13.3. The molecule has 0 unspecified atom stereocenters. The van der Waals surface area contributed by atoms with E-state index in [-0.39, 0.29) is 11.7 Å². The summed E-state index contributed by atoms with van der Waals surface area (Å²) in [6.45, 7) is 5.23. The molecule has 0 bridgehead atoms. The lowest BCUT2D eigenvalue weighted by atomic mass is 10.1. The highest BCUT2D eigenvalue weighted by Gasteiger charge is 2.17. The molecule has 98 valence electrons. The number of rotatable bonds is 3. The van der Waals surface area contributed by atoms with Crippen LogP contribution in [0, 0.1) is 0 Å². The molecule has 0 aliphatic carbocycles. The SMILES string of the molecule is C[C@H]1CN(Cc2ccc(N)c(C(=O)O)c2)CCO1. The third kappa shape index (κ3) is 3.00. The standard InChI is InChI=1S/C13H18N2O3/c1-9-7-15(4-5-18-9)8-10-2-3-12(14)11(6-10)13(16)17/h2-3,6,9H,4-5,7-8,14H2,1H3,(H,16,17)/t9-/m0/s1. The second-order valence-corrected chi connectivity index (χ2v) is 4.64. The zero-order valence-corrected chi connectivity index (χ0v) is 10.4. The first-order valence-corrected chi connectivity index (χ1v) is 6.02. The van der Waals surface area contributed by atoms with E-state index < -0.39 is 5.97 Å². The van der Waals surface area contributed by atoms with Crippen LogP contribution < -0.4 is 5.73 Å². The number of nitrogens with zero attached hydrogens (tertiary/aromatic N) is 1. The van der Waals surface area contributed by atoms with E-state index in [0.29, 0.717) is 5.69 Å². The van der Waals surface area contributed by atoms with Crippen LogP contribution in [-0.4, -0.2) is 41.8 Å². The molecule has 1 fully saturated rings. The minimum absolute atomic E-state index is 0.175. The van der Waals surface area contributed by atoms with Crippen molar-refractivity contribution in [3.05, 3.63) is 29.3 Å². The predicted molar refractivity (Wildman–Crippen MR) is 68.5 cm³/mol. The van der Waals surface area contributed by atoms with Crippen LogP contribution in [0.5, 0.6) is 0 Å². The molecule has 18 heavy (non-hydrogen) atoms. The van der Waals surface area contributed by atoms with Gasteiger partial charge in [0.1, 0.15) is 0 Å². The van der Waals surface area contributed by atoms with Crippen molar-refractivity contribution in [3.8, 4) is 0 Å². The number of morpholine rings is 1. The molecule has 3 N–H and O–H groups in total. The molecule has 1 aromatic carbocycles. The van der Waals surface area contributed by atoms with Gasteiger partial charge in [-0.15, -0.1) is 0 Å². The van der Waals surface area contributed by atoms with Gasteiger partial charge in [0.15, 0.2) is 0 Å². The van der Waals surface area contributed by atoms with Crippen molar-refractivity contribution in [1.82, 2.24) is 4.90 Å². The number of carboxylic acid groups (broad SMARTS) is 1. The largest absolute Gasteiger partial charge is 0.478 e. The molecule has 0 aromatic heterocycles. The molecular weight excluding hydrogens is 232 g/mol. The number of benzene rings is 1. The zero-order chi connectivity index (χ0) is 13.1. The van der Waals surface area contributed by atoms with Crippen LogP contribution in [0.3, 0.4) is 0 Å². The minimum Gasteiger partial charge on any atom is -0.478 e. The van der Waals surface area contributed by atoms with Crippen LogP contribution >= 0.6 is 0 Å². The fourth-order valence-electron chi connectivity index (χ4n) is 2.18. The minimum atomic E-state index is -0.982. The van der Waals surface area contributed by atoms with Gasteiger partial charge in [-0.3, -0.25) is 4.90 Å². The topological polar surface area (TPSA) is 75.8 Å². The van der Waals surface area contributed by atoms with Crippen LogP contribution in [0.2, 0.25) is 0 Å². The Bertz CT molecular complexity index is 448. The summed E-state index contributed by atoms with van der Waals surface area (Å²) in [5.41, 5.74) is 7.08. The highest BCUT2D eigenvalue weighted by molar-refractivity contribution is 5.93. The molecule has 5 heteroatoms. The number of ether oxygens (including phenoxy) is 1. The van der Waals surface area contributed by atoms with Gasteiger partial charge in [0.05, 0.1) is 18.3 Å². The summed E-state index contributed by atoms with van der Waals surface area (Å²) in [5.74, 6) is -0.982. The molecule has 1 heterocycles. The lowest BCUT2D eigenvalue weighted by molar-refractivity contribution is -0.0212. The van der Waals surface area contributed by atoms with Gasteiger partial charge in [-0.1, -0.05) is 6.07 Å². The van der Waals surface area contributed by atoms with Gasteiger partial charge in [-0.05, 0) is 24.6 Å². The number of hydrogen-bond donors (Lipinski definition) is 2. The Balaban J connectivity index is 2.09. The Hall–Kier alpha value is -1.59. The van der Waals surface area contributed by atoms with Gasteiger partial charge < -0.3 is 15.6 Å². The first-order chi connectivity index (χ1) is 8.56. The molecule has 0 radical (unpaired) electrons. The van der Waals surface area contributed by atoms with Gasteiger partial charge in [0.25, 0.3) is 0 Å². The number of carboxylic acids is 1. The van der Waals surface area contributed by atoms with E-state index in [1.54, 1.807) is 12.1 Å². The highest BCUT2D eigenvalue weighted by Crippen LogP contribution is 2.17. The molecule has 1 aliphatic heterocycles. The van der Waals surface area contributed by atoms with E-state index in [4.69, 9.17) is 15.6 Å². The normalized spacial score (nSPS) is 20.8. The lowest BCUT2D eigenvalue weighted by Gasteiger charge is -2.31. The Morgan fingerprint density at radius 1 is 1.61 bits per heavy atom. The zero-order valence-electron chi connectivity index (χ0n) is 10.4. The van der Waals surface area contributed by atoms with Crippen LogP contribution in [0.1, 0.15) is 22.8 Å². The molecule has 1 saturated heterocycles. The summed E-state index contributed by atoms with van der Waals surface area (Å²) in [5, 5.41) is 9.02. The first-order valence-electron chi connectivity index (χ1n) is 6.02. The van der Waals surface area contributed by atoms with E-state index in [9.17, 15) is 4.79 Å². The van der Waals surface area contributed by atoms with Crippen molar-refractivity contribution in [2.45, 2.75) is 19.6 Å². The summed E-state index contributed by atoms with van der Waals surface area (Å²) < 4.78 is 5.47. The molecular formula is C13H18N2O3. The Kier molecular flexibility index (Phi) is 3.84. The van der Waals surface area contributed by atoms with Crippen molar-refractivity contribution in [1.29, 1.82) is 0 Å². The first kappa shape index (κ1) is 12.9. The van der Waals surface area contributed by atoms with Crippen molar-refractivity contribution in [3.63, 3.8) is 0 Å². The Morgan fingerprint density at radius 2 is 2.39 bits per heavy atom. The monoisotopic (exact) mass is 250 g/mol. The second kappa shape index (κ2) is 5.37. The molecule has 0 spiro atoms. The van der Waals surface area contributed by atoms with Crippen LogP contribution in [0.25, 0.3) is 0 Å². The fraction of sp³-hybridized carbons (Fsp3) is 0.462. The summed E-state index contributed by atoms with van der Waals surface area (Å²) in [6, 6.07) is 5.18. The maximum absolute atomic E-state index is 11.0. The summed E-state index contributed by atoms with van der Waals surface area (Å²) in [6.07, 6.45) is 0.228. The van der Waals surface area contributed by atoms with Gasteiger partial charge >= 0.3 is 5.97 Å². The van der Waals surface area contributed by atoms with Crippen molar-refractivity contribution >= 4 is 11.7 Å². The number of carbonyl (C=O) groups is 1. The van der Waals surface area contributed by atoms with Crippen LogP contribution in [0.15, 0.2) is 18.2 Å². The highest BCUT2D eigenvalue weighted by atomic mass is 16.5. The van der Waals surface area contributed by atoms with Crippen molar-refractivity contribution in [2.24, 2.45) is 0 Å². The Morgan fingerprint density at radius 3 is 3.06 bits per heavy atom. The maximum atomic E-state index is 11.0. The van der Waals surface area contributed by atoms with Gasteiger partial charge in [-0.25, -0.2) is 4.79 Å². The lowest BCUT2D eigenvalue weighted by Crippen LogP contribution is -2.40. The number of aromatic carboxylic acids is 1. The molecule has 1 aliphatic rings. The van der Waals surface area contributed by atoms with E-state index in [1.807, 2.05) is 13.0 Å². The number of hydrogen-bond acceptors (Lipinski definition) is 4. The predicted octanol–water partition coefficient (Wildman–Crippen LogP) is 1.19. The third-order valence-corrected chi connectivity index (χ3v) is 3.08. The molecule has 0 amide bonds. The van der Waals surface area contributed by atoms with E-state index in [0.717, 1.165) is 31.8 Å².